The van der Waals surface area contributed by atoms with Gasteiger partial charge in [0, 0.05) is 76.0 Å². The fraction of sp³-hybridized carbons (Fsp3) is 0.341. The van der Waals surface area contributed by atoms with Gasteiger partial charge in [-0.1, -0.05) is 24.3 Å². The summed E-state index contributed by atoms with van der Waals surface area (Å²) in [6.07, 6.45) is 9.77. The molecule has 3 aliphatic rings. The summed E-state index contributed by atoms with van der Waals surface area (Å²) >= 11 is 3.37. The number of ether oxygens (including phenoxy) is 2. The Hall–Kier alpha value is -5.35. The van der Waals surface area contributed by atoms with Gasteiger partial charge >= 0.3 is 0 Å². The monoisotopic (exact) mass is 813 g/mol. The Balaban J connectivity index is 0.986. The Labute approximate surface area is 334 Å². The molecule has 8 rings (SSSR count). The average molecular weight is 815 g/mol. The molecular formula is C44H44BrN7O4. The number of amides is 1. The number of carbonyl (C=O) groups is 1. The van der Waals surface area contributed by atoms with Gasteiger partial charge in [0.25, 0.3) is 11.5 Å². The van der Waals surface area contributed by atoms with Crippen molar-refractivity contribution in [3.8, 4) is 28.7 Å². The largest absolute Gasteiger partial charge is 0.496 e. The second kappa shape index (κ2) is 15.7. The van der Waals surface area contributed by atoms with Crippen LogP contribution in [0.3, 0.4) is 0 Å². The van der Waals surface area contributed by atoms with Crippen molar-refractivity contribution in [1.29, 1.82) is 5.26 Å². The molecule has 1 amide bonds. The Morgan fingerprint density at radius 1 is 1.02 bits per heavy atom. The molecule has 56 heavy (non-hydrogen) atoms. The molecule has 2 fully saturated rings. The zero-order chi connectivity index (χ0) is 39.1. The molecule has 286 valence electrons. The molecule has 2 aromatic carbocycles. The second-order valence-corrected chi connectivity index (χ2v) is 15.8. The zero-order valence-electron chi connectivity index (χ0n) is 32.0. The molecule has 12 heteroatoms. The van der Waals surface area contributed by atoms with Crippen molar-refractivity contribution >= 4 is 38.7 Å². The third-order valence-corrected chi connectivity index (χ3v) is 12.3. The smallest absolute Gasteiger partial charge is 0.265 e. The third-order valence-electron chi connectivity index (χ3n) is 11.8. The predicted molar refractivity (Wildman–Crippen MR) is 219 cm³/mol. The first-order valence-corrected chi connectivity index (χ1v) is 19.8. The number of hydrogen-bond acceptors (Lipinski definition) is 9. The van der Waals surface area contributed by atoms with E-state index in [1.807, 2.05) is 29.3 Å². The number of carbonyl (C=O) groups excluding carboxylic acids is 1. The summed E-state index contributed by atoms with van der Waals surface area (Å²) in [5, 5.41) is 11.3. The molecule has 6 heterocycles. The number of methoxy groups -OCH3 is 2. The van der Waals surface area contributed by atoms with E-state index in [2.05, 4.69) is 79.0 Å². The minimum Gasteiger partial charge on any atom is -0.496 e. The normalized spacial score (nSPS) is 19.8. The number of nitrogens with zero attached hydrogens (tertiary/aromatic N) is 7. The molecule has 0 radical (unpaired) electrons. The first-order valence-electron chi connectivity index (χ1n) is 19.0. The summed E-state index contributed by atoms with van der Waals surface area (Å²) in [6.45, 7) is 6.09. The van der Waals surface area contributed by atoms with Gasteiger partial charge in [0.15, 0.2) is 0 Å². The summed E-state index contributed by atoms with van der Waals surface area (Å²) in [5.41, 5.74) is 7.17. The number of pyridine rings is 3. The summed E-state index contributed by atoms with van der Waals surface area (Å²) in [4.78, 5) is 42.1. The Kier molecular flexibility index (Phi) is 10.5. The van der Waals surface area contributed by atoms with Gasteiger partial charge in [0.05, 0.1) is 36.9 Å². The van der Waals surface area contributed by atoms with Crippen molar-refractivity contribution in [2.24, 2.45) is 7.05 Å². The number of fused-ring (bicyclic) bond motifs is 4. The van der Waals surface area contributed by atoms with Crippen LogP contribution in [0.4, 0.5) is 0 Å². The first-order chi connectivity index (χ1) is 27.2. The van der Waals surface area contributed by atoms with Crippen LogP contribution in [-0.2, 0) is 31.4 Å². The van der Waals surface area contributed by atoms with Crippen LogP contribution in [0.25, 0.3) is 28.0 Å². The fourth-order valence-electron chi connectivity index (χ4n) is 9.04. The SMILES string of the molecule is COc1cc(-c2cn(C)c(=O)c3cnccc23)cc(OC)c1CN1C2CCC1CN(Cc1cccc3c1CCN(C(=O)C(C#N)=Cc1cccc(Br)n1)C3C)C2. The van der Waals surface area contributed by atoms with E-state index in [4.69, 9.17) is 9.47 Å². The van der Waals surface area contributed by atoms with Gasteiger partial charge in [-0.3, -0.25) is 24.4 Å². The van der Waals surface area contributed by atoms with Crippen LogP contribution < -0.4 is 15.0 Å². The number of nitriles is 1. The van der Waals surface area contributed by atoms with Crippen LogP contribution in [0, 0.1) is 11.3 Å². The molecule has 0 aliphatic carbocycles. The van der Waals surface area contributed by atoms with E-state index in [-0.39, 0.29) is 23.1 Å². The highest BCUT2D eigenvalue weighted by atomic mass is 79.9. The average Bonchev–Trinajstić information content (AvgIpc) is 3.44. The van der Waals surface area contributed by atoms with E-state index in [0.29, 0.717) is 40.9 Å². The quantitative estimate of drug-likeness (QED) is 0.0914. The van der Waals surface area contributed by atoms with Crippen molar-refractivity contribution in [2.45, 2.75) is 57.4 Å². The van der Waals surface area contributed by atoms with E-state index in [1.54, 1.807) is 50.4 Å². The lowest BCUT2D eigenvalue weighted by Crippen LogP contribution is -2.52. The zero-order valence-corrected chi connectivity index (χ0v) is 33.6. The predicted octanol–water partition coefficient (Wildman–Crippen LogP) is 6.68. The van der Waals surface area contributed by atoms with Crippen molar-refractivity contribution in [3.63, 3.8) is 0 Å². The van der Waals surface area contributed by atoms with Gasteiger partial charge in [-0.25, -0.2) is 4.98 Å². The molecule has 0 spiro atoms. The summed E-state index contributed by atoms with van der Waals surface area (Å²) < 4.78 is 14.3. The van der Waals surface area contributed by atoms with Gasteiger partial charge < -0.3 is 18.9 Å². The number of aromatic nitrogens is 3. The molecule has 0 saturated carbocycles. The second-order valence-electron chi connectivity index (χ2n) is 15.0. The van der Waals surface area contributed by atoms with Crippen molar-refractivity contribution in [2.75, 3.05) is 33.9 Å². The lowest BCUT2D eigenvalue weighted by molar-refractivity contribution is -0.129. The highest BCUT2D eigenvalue weighted by molar-refractivity contribution is 9.10. The van der Waals surface area contributed by atoms with E-state index in [9.17, 15) is 14.9 Å². The Morgan fingerprint density at radius 3 is 2.45 bits per heavy atom. The minimum absolute atomic E-state index is 0.0808. The number of rotatable bonds is 9. The number of likely N-dealkylation sites (tertiary alicyclic amines) is 1. The molecule has 3 aromatic heterocycles. The van der Waals surface area contributed by atoms with Gasteiger partial charge in [-0.15, -0.1) is 0 Å². The van der Waals surface area contributed by atoms with Crippen LogP contribution in [0.5, 0.6) is 11.5 Å². The standard InChI is InChI=1S/C44H44BrN7O4/c1-27-34-9-5-7-28(35(34)14-16-51(27)43(53)30(20-46)17-31-8-6-10-42(45)48-31)22-50-23-32-11-12-33(24-50)52(32)26-39-40(55-3)18-29(19-41(39)56-4)38-25-49(2)44(54)37-21-47-15-13-36(37)38/h5-10,13,15,17-19,21,25,27,32-33H,11-12,14,16,22-24,26H2,1-4H3. The molecule has 0 N–H and O–H groups in total. The van der Waals surface area contributed by atoms with Gasteiger partial charge in [0.2, 0.25) is 0 Å². The van der Waals surface area contributed by atoms with Crippen LogP contribution in [-0.4, -0.2) is 81.1 Å². The first kappa shape index (κ1) is 37.6. The molecule has 5 aromatic rings. The topological polar surface area (TPSA) is 117 Å². The molecule has 2 bridgehead atoms. The summed E-state index contributed by atoms with van der Waals surface area (Å²) in [7, 11) is 5.17. The maximum Gasteiger partial charge on any atom is 0.265 e. The van der Waals surface area contributed by atoms with Crippen molar-refractivity contribution < 1.29 is 14.3 Å². The lowest BCUT2D eigenvalue weighted by atomic mass is 9.89. The highest BCUT2D eigenvalue weighted by Crippen LogP contribution is 2.41. The van der Waals surface area contributed by atoms with Gasteiger partial charge in [0.1, 0.15) is 27.7 Å². The molecule has 11 nitrogen and oxygen atoms in total. The summed E-state index contributed by atoms with van der Waals surface area (Å²) in [5.74, 6) is 1.25. The molecule has 3 atom stereocenters. The Bertz CT molecular complexity index is 2440. The van der Waals surface area contributed by atoms with Gasteiger partial charge in [-0.2, -0.15) is 5.26 Å². The van der Waals surface area contributed by atoms with Crippen LogP contribution in [0.15, 0.2) is 88.2 Å². The van der Waals surface area contributed by atoms with E-state index in [0.717, 1.165) is 78.0 Å². The van der Waals surface area contributed by atoms with Crippen molar-refractivity contribution in [3.05, 3.63) is 122 Å². The van der Waals surface area contributed by atoms with E-state index < -0.39 is 0 Å². The van der Waals surface area contributed by atoms with Crippen LogP contribution in [0.1, 0.15) is 53.8 Å². The van der Waals surface area contributed by atoms with E-state index >= 15 is 0 Å². The molecule has 3 unspecified atom stereocenters. The van der Waals surface area contributed by atoms with Crippen LogP contribution >= 0.6 is 15.9 Å². The molecule has 2 saturated heterocycles. The highest BCUT2D eigenvalue weighted by Gasteiger charge is 2.41. The summed E-state index contributed by atoms with van der Waals surface area (Å²) in [6, 6.07) is 20.6. The number of piperazine rings is 1. The fourth-order valence-corrected chi connectivity index (χ4v) is 9.40. The van der Waals surface area contributed by atoms with Gasteiger partial charge in [-0.05, 0) is 106 Å². The lowest BCUT2D eigenvalue weighted by Gasteiger charge is -2.42. The number of benzene rings is 2. The molecular weight excluding hydrogens is 770 g/mol. The molecule has 3 aliphatic heterocycles. The number of hydrogen-bond donors (Lipinski definition) is 0. The van der Waals surface area contributed by atoms with Crippen LogP contribution in [0.2, 0.25) is 0 Å². The number of aryl methyl sites for hydroxylation is 1. The van der Waals surface area contributed by atoms with E-state index in [1.165, 1.54) is 11.1 Å². The third kappa shape index (κ3) is 7.00. The maximum absolute atomic E-state index is 13.7. The Morgan fingerprint density at radius 2 is 1.75 bits per heavy atom. The minimum atomic E-state index is -0.272. The number of halogens is 1. The maximum atomic E-state index is 13.7. The van der Waals surface area contributed by atoms with Crippen molar-refractivity contribution in [1.82, 2.24) is 29.2 Å².